The smallest absolute Gasteiger partial charge is 0.348 e. The molecule has 0 spiro atoms. The van der Waals surface area contributed by atoms with Crippen molar-refractivity contribution in [2.75, 3.05) is 31.1 Å². The van der Waals surface area contributed by atoms with Crippen LogP contribution in [0, 0.1) is 10.1 Å². The van der Waals surface area contributed by atoms with Gasteiger partial charge < -0.3 is 10.2 Å². The van der Waals surface area contributed by atoms with Crippen LogP contribution < -0.4 is 10.2 Å². The molecule has 2 heterocycles. The lowest BCUT2D eigenvalue weighted by Gasteiger charge is -2.28. The third kappa shape index (κ3) is 2.92. The molecule has 0 saturated carbocycles. The van der Waals surface area contributed by atoms with Gasteiger partial charge in [0.05, 0.1) is 10.5 Å². The van der Waals surface area contributed by atoms with Crippen LogP contribution in [0.25, 0.3) is 0 Å². The lowest BCUT2D eigenvalue weighted by molar-refractivity contribution is -0.384. The lowest BCUT2D eigenvalue weighted by atomic mass is 10.2. The number of piperazine rings is 1. The van der Waals surface area contributed by atoms with Gasteiger partial charge >= 0.3 is 11.9 Å². The highest BCUT2D eigenvalue weighted by molar-refractivity contribution is 5.59. The molecule has 0 aliphatic carbocycles. The molecule has 0 bridgehead atoms. The van der Waals surface area contributed by atoms with Gasteiger partial charge in [0.1, 0.15) is 0 Å². The predicted molar refractivity (Wildman–Crippen MR) is 61.0 cm³/mol. The van der Waals surface area contributed by atoms with E-state index in [0.717, 1.165) is 0 Å². The van der Waals surface area contributed by atoms with Crippen LogP contribution in [0.2, 0.25) is 0 Å². The van der Waals surface area contributed by atoms with Gasteiger partial charge in [0.15, 0.2) is 0 Å². The van der Waals surface area contributed by atoms with Gasteiger partial charge in [-0.2, -0.15) is 13.2 Å². The van der Waals surface area contributed by atoms with Crippen LogP contribution in [-0.4, -0.2) is 36.1 Å². The van der Waals surface area contributed by atoms with E-state index in [4.69, 9.17) is 0 Å². The highest BCUT2D eigenvalue weighted by Gasteiger charge is 2.34. The Balaban J connectivity index is 2.40. The number of nitrogens with zero attached hydrogens (tertiary/aromatic N) is 3. The van der Waals surface area contributed by atoms with Gasteiger partial charge in [0, 0.05) is 38.4 Å². The van der Waals surface area contributed by atoms with Gasteiger partial charge in [-0.25, -0.2) is 4.98 Å². The second-order valence-electron chi connectivity index (χ2n) is 4.06. The molecule has 0 aromatic carbocycles. The Morgan fingerprint density at radius 1 is 1.37 bits per heavy atom. The van der Waals surface area contributed by atoms with E-state index in [1.54, 1.807) is 4.90 Å². The molecule has 0 radical (unpaired) electrons. The molecule has 104 valence electrons. The third-order valence-electron chi connectivity index (χ3n) is 2.79. The van der Waals surface area contributed by atoms with E-state index in [1.807, 2.05) is 0 Å². The van der Waals surface area contributed by atoms with Crippen LogP contribution in [0.5, 0.6) is 0 Å². The summed E-state index contributed by atoms with van der Waals surface area (Å²) in [6.07, 6.45) is -4.01. The van der Waals surface area contributed by atoms with E-state index in [1.165, 1.54) is 0 Å². The van der Waals surface area contributed by atoms with Crippen LogP contribution in [0.3, 0.4) is 0 Å². The van der Waals surface area contributed by atoms with Gasteiger partial charge in [-0.1, -0.05) is 0 Å². The van der Waals surface area contributed by atoms with E-state index < -0.39 is 22.4 Å². The molecule has 1 N–H and O–H groups in total. The predicted octanol–water partition coefficient (Wildman–Crippen LogP) is 1.42. The van der Waals surface area contributed by atoms with Crippen LogP contribution >= 0.6 is 0 Å². The minimum Gasteiger partial charge on any atom is -0.348 e. The maximum absolute atomic E-state index is 12.5. The van der Waals surface area contributed by atoms with Gasteiger partial charge in [-0.3, -0.25) is 10.1 Å². The van der Waals surface area contributed by atoms with Crippen molar-refractivity contribution in [3.63, 3.8) is 0 Å². The summed E-state index contributed by atoms with van der Waals surface area (Å²) in [7, 11) is 0. The van der Waals surface area contributed by atoms with Crippen molar-refractivity contribution < 1.29 is 18.1 Å². The van der Waals surface area contributed by atoms with Crippen LogP contribution in [-0.2, 0) is 6.18 Å². The van der Waals surface area contributed by atoms with Crippen molar-refractivity contribution in [2.24, 2.45) is 0 Å². The van der Waals surface area contributed by atoms with Crippen molar-refractivity contribution in [1.29, 1.82) is 0 Å². The molecule has 9 heteroatoms. The Hall–Kier alpha value is -1.90. The number of hydrogen-bond donors (Lipinski definition) is 1. The largest absolute Gasteiger partial charge is 0.418 e. The number of pyridine rings is 1. The molecule has 1 saturated heterocycles. The molecule has 1 aromatic rings. The van der Waals surface area contributed by atoms with E-state index in [0.29, 0.717) is 38.4 Å². The zero-order valence-corrected chi connectivity index (χ0v) is 9.78. The molecular formula is C10H11F3N4O2. The van der Waals surface area contributed by atoms with Crippen molar-refractivity contribution >= 4 is 11.5 Å². The average molecular weight is 276 g/mol. The Labute approximate surface area is 106 Å². The zero-order valence-electron chi connectivity index (χ0n) is 9.78. The summed E-state index contributed by atoms with van der Waals surface area (Å²) in [4.78, 5) is 15.3. The first kappa shape index (κ1) is 13.5. The van der Waals surface area contributed by atoms with E-state index in [2.05, 4.69) is 10.3 Å². The summed E-state index contributed by atoms with van der Waals surface area (Å²) in [5.74, 6) is -0.0144. The molecule has 1 fully saturated rings. The normalized spacial score (nSPS) is 16.5. The Morgan fingerprint density at radius 3 is 2.53 bits per heavy atom. The lowest BCUT2D eigenvalue weighted by Crippen LogP contribution is -2.44. The summed E-state index contributed by atoms with van der Waals surface area (Å²) >= 11 is 0. The fourth-order valence-corrected chi connectivity index (χ4v) is 1.86. The molecular weight excluding hydrogens is 265 g/mol. The van der Waals surface area contributed by atoms with Gasteiger partial charge in [-0.05, 0) is 0 Å². The number of rotatable bonds is 2. The summed E-state index contributed by atoms with van der Waals surface area (Å²) in [5.41, 5.74) is -1.73. The molecule has 6 nitrogen and oxygen atoms in total. The first-order valence-electron chi connectivity index (χ1n) is 5.57. The number of alkyl halides is 3. The second-order valence-corrected chi connectivity index (χ2v) is 4.06. The maximum Gasteiger partial charge on any atom is 0.418 e. The molecule has 1 aliphatic rings. The van der Waals surface area contributed by atoms with Crippen LogP contribution in [0.1, 0.15) is 5.56 Å². The van der Waals surface area contributed by atoms with Gasteiger partial charge in [-0.15, -0.1) is 0 Å². The molecule has 0 amide bonds. The first-order chi connectivity index (χ1) is 8.89. The van der Waals surface area contributed by atoms with E-state index >= 15 is 0 Å². The Morgan fingerprint density at radius 2 is 2.00 bits per heavy atom. The fourth-order valence-electron chi connectivity index (χ4n) is 1.86. The Kier molecular flexibility index (Phi) is 3.56. The number of nitro groups is 1. The van der Waals surface area contributed by atoms with Crippen LogP contribution in [0.15, 0.2) is 12.3 Å². The zero-order chi connectivity index (χ0) is 14.0. The number of anilines is 1. The first-order valence-corrected chi connectivity index (χ1v) is 5.57. The molecule has 19 heavy (non-hydrogen) atoms. The topological polar surface area (TPSA) is 71.3 Å². The average Bonchev–Trinajstić information content (AvgIpc) is 2.38. The monoisotopic (exact) mass is 276 g/mol. The van der Waals surface area contributed by atoms with E-state index in [9.17, 15) is 23.3 Å². The molecule has 0 unspecified atom stereocenters. The number of aromatic nitrogens is 1. The SMILES string of the molecule is O=[N+]([O-])c1cc(C(F)(F)F)cnc1N1CCNCC1. The quantitative estimate of drug-likeness (QED) is 0.653. The Bertz CT molecular complexity index is 486. The molecule has 1 aliphatic heterocycles. The number of halogens is 3. The van der Waals surface area contributed by atoms with Crippen molar-refractivity contribution in [3.05, 3.63) is 27.9 Å². The maximum atomic E-state index is 12.5. The summed E-state index contributed by atoms with van der Waals surface area (Å²) in [6, 6.07) is 0.532. The minimum absolute atomic E-state index is 0.0144. The van der Waals surface area contributed by atoms with Crippen LogP contribution in [0.4, 0.5) is 24.7 Å². The van der Waals surface area contributed by atoms with E-state index in [-0.39, 0.29) is 5.82 Å². The number of nitrogens with one attached hydrogen (secondary N) is 1. The number of hydrogen-bond acceptors (Lipinski definition) is 5. The summed E-state index contributed by atoms with van der Waals surface area (Å²) in [6.45, 7) is 2.16. The van der Waals surface area contributed by atoms with Gasteiger partial charge in [0.25, 0.3) is 0 Å². The third-order valence-corrected chi connectivity index (χ3v) is 2.79. The molecule has 2 rings (SSSR count). The van der Waals surface area contributed by atoms with Crippen molar-refractivity contribution in [3.8, 4) is 0 Å². The minimum atomic E-state index is -4.64. The standard InChI is InChI=1S/C10H11F3N4O2/c11-10(12,13)7-5-8(17(18)19)9(15-6-7)16-3-1-14-2-4-16/h5-6,14H,1-4H2. The van der Waals surface area contributed by atoms with Crippen molar-refractivity contribution in [2.45, 2.75) is 6.18 Å². The second kappa shape index (κ2) is 5.00. The molecule has 0 atom stereocenters. The molecule has 1 aromatic heterocycles. The highest BCUT2D eigenvalue weighted by Crippen LogP contribution is 2.34. The fraction of sp³-hybridized carbons (Fsp3) is 0.500. The highest BCUT2D eigenvalue weighted by atomic mass is 19.4. The summed E-state index contributed by atoms with van der Waals surface area (Å²) < 4.78 is 37.6. The van der Waals surface area contributed by atoms with Crippen molar-refractivity contribution in [1.82, 2.24) is 10.3 Å². The van der Waals surface area contributed by atoms with Gasteiger partial charge in [0.2, 0.25) is 5.82 Å². The summed E-state index contributed by atoms with van der Waals surface area (Å²) in [5, 5.41) is 13.9.